The minimum absolute atomic E-state index is 0.161. The van der Waals surface area contributed by atoms with Crippen LogP contribution in [0.2, 0.25) is 0 Å². The minimum Gasteiger partial charge on any atom is -0.497 e. The van der Waals surface area contributed by atoms with Crippen LogP contribution in [0.1, 0.15) is 12.8 Å². The fourth-order valence-electron chi connectivity index (χ4n) is 4.25. The summed E-state index contributed by atoms with van der Waals surface area (Å²) in [6.45, 7) is 1.00. The monoisotopic (exact) mass is 496 g/mol. The van der Waals surface area contributed by atoms with Crippen LogP contribution in [0.4, 0.5) is 20.4 Å². The Balaban J connectivity index is 1.40. The molecule has 3 heterocycles. The zero-order chi connectivity index (χ0) is 24.5. The lowest BCUT2D eigenvalue weighted by atomic mass is 9.96. The summed E-state index contributed by atoms with van der Waals surface area (Å²) in [6.07, 6.45) is 1.04. The van der Waals surface area contributed by atoms with Crippen molar-refractivity contribution in [3.05, 3.63) is 75.9 Å². The van der Waals surface area contributed by atoms with Gasteiger partial charge in [-0.25, -0.2) is 18.3 Å². The van der Waals surface area contributed by atoms with Crippen LogP contribution in [0.25, 0.3) is 15.9 Å². The van der Waals surface area contributed by atoms with Crippen molar-refractivity contribution >= 4 is 39.1 Å². The smallest absolute Gasteiger partial charge is 0.277 e. The number of nitrogens with one attached hydrogen (secondary N) is 1. The van der Waals surface area contributed by atoms with Gasteiger partial charge in [-0.3, -0.25) is 9.59 Å². The van der Waals surface area contributed by atoms with E-state index in [1.807, 2.05) is 34.5 Å². The highest BCUT2D eigenvalue weighted by atomic mass is 32.1. The van der Waals surface area contributed by atoms with Gasteiger partial charge in [-0.1, -0.05) is 6.07 Å². The molecule has 4 aromatic rings. The lowest BCUT2D eigenvalue weighted by Gasteiger charge is -2.33. The first-order valence-electron chi connectivity index (χ1n) is 11.1. The van der Waals surface area contributed by atoms with Crippen LogP contribution < -0.4 is 20.5 Å². The number of rotatable bonds is 5. The van der Waals surface area contributed by atoms with Gasteiger partial charge >= 0.3 is 0 Å². The number of benzene rings is 2. The van der Waals surface area contributed by atoms with E-state index >= 15 is 0 Å². The third kappa shape index (κ3) is 4.49. The van der Waals surface area contributed by atoms with Crippen molar-refractivity contribution in [2.75, 3.05) is 30.4 Å². The van der Waals surface area contributed by atoms with E-state index in [0.717, 1.165) is 12.1 Å². The molecule has 2 aromatic heterocycles. The van der Waals surface area contributed by atoms with Gasteiger partial charge in [0, 0.05) is 36.8 Å². The van der Waals surface area contributed by atoms with Crippen LogP contribution in [0.3, 0.4) is 0 Å². The second-order valence-corrected chi connectivity index (χ2v) is 9.18. The van der Waals surface area contributed by atoms with Crippen molar-refractivity contribution in [3.8, 4) is 11.4 Å². The van der Waals surface area contributed by atoms with Gasteiger partial charge in [-0.15, -0.1) is 11.3 Å². The van der Waals surface area contributed by atoms with E-state index in [9.17, 15) is 18.4 Å². The quantitative estimate of drug-likeness (QED) is 0.438. The molecule has 7 nitrogen and oxygen atoms in total. The van der Waals surface area contributed by atoms with Gasteiger partial charge < -0.3 is 15.0 Å². The largest absolute Gasteiger partial charge is 0.497 e. The van der Waals surface area contributed by atoms with Gasteiger partial charge in [0.15, 0.2) is 11.6 Å². The van der Waals surface area contributed by atoms with Crippen molar-refractivity contribution in [2.45, 2.75) is 12.8 Å². The Morgan fingerprint density at radius 3 is 2.66 bits per heavy atom. The molecule has 2 aromatic carbocycles. The molecule has 5 rings (SSSR count). The Bertz CT molecular complexity index is 1460. The number of anilines is 2. The van der Waals surface area contributed by atoms with E-state index in [0.29, 0.717) is 53.5 Å². The first-order valence-corrected chi connectivity index (χ1v) is 12.0. The van der Waals surface area contributed by atoms with Gasteiger partial charge in [0.05, 0.1) is 18.3 Å². The molecule has 1 aliphatic heterocycles. The number of methoxy groups -OCH3 is 1. The van der Waals surface area contributed by atoms with Crippen molar-refractivity contribution in [3.63, 3.8) is 0 Å². The molecule has 0 unspecified atom stereocenters. The molecular weight excluding hydrogens is 474 g/mol. The molecule has 1 N–H and O–H groups in total. The van der Waals surface area contributed by atoms with Crippen molar-refractivity contribution in [1.82, 2.24) is 9.55 Å². The third-order valence-electron chi connectivity index (χ3n) is 6.11. The van der Waals surface area contributed by atoms with Crippen LogP contribution in [-0.2, 0) is 4.79 Å². The maximum atomic E-state index is 13.5. The average molecular weight is 497 g/mol. The average Bonchev–Trinajstić information content (AvgIpc) is 3.35. The van der Waals surface area contributed by atoms with E-state index < -0.39 is 11.6 Å². The molecule has 0 saturated carbocycles. The highest BCUT2D eigenvalue weighted by Crippen LogP contribution is 2.28. The molecule has 10 heteroatoms. The Labute approximate surface area is 203 Å². The van der Waals surface area contributed by atoms with E-state index in [4.69, 9.17) is 9.72 Å². The van der Waals surface area contributed by atoms with Crippen LogP contribution >= 0.6 is 11.3 Å². The van der Waals surface area contributed by atoms with E-state index in [1.165, 1.54) is 17.4 Å². The molecule has 1 saturated heterocycles. The molecule has 0 bridgehead atoms. The normalized spacial score (nSPS) is 14.3. The van der Waals surface area contributed by atoms with Crippen LogP contribution in [0, 0.1) is 17.6 Å². The van der Waals surface area contributed by atoms with Crippen LogP contribution in [0.15, 0.2) is 58.7 Å². The first-order chi connectivity index (χ1) is 16.9. The fourth-order valence-corrected chi connectivity index (χ4v) is 5.01. The van der Waals surface area contributed by atoms with Gasteiger partial charge in [0.1, 0.15) is 10.4 Å². The maximum absolute atomic E-state index is 13.5. The number of piperidine rings is 1. The van der Waals surface area contributed by atoms with Gasteiger partial charge in [0.2, 0.25) is 11.9 Å². The number of fused-ring (bicyclic) bond motifs is 1. The van der Waals surface area contributed by atoms with E-state index in [-0.39, 0.29) is 23.1 Å². The standard InChI is InChI=1S/C25H22F2N4O3S/c1-34-18-4-2-3-17(14-18)31-24(33)22-21(9-12-35-22)29-25(31)30-10-7-15(8-11-30)23(32)28-16-5-6-19(26)20(27)13-16/h2-6,9,12-15H,7-8,10-11H2,1H3,(H,28,32). The number of nitrogens with zero attached hydrogens (tertiary/aromatic N) is 3. The topological polar surface area (TPSA) is 76.5 Å². The summed E-state index contributed by atoms with van der Waals surface area (Å²) in [5, 5.41) is 4.51. The summed E-state index contributed by atoms with van der Waals surface area (Å²) in [6, 6.07) is 12.3. The summed E-state index contributed by atoms with van der Waals surface area (Å²) in [5.74, 6) is -1.40. The van der Waals surface area contributed by atoms with Crippen LogP contribution in [0.5, 0.6) is 5.75 Å². The number of carbonyl (C=O) groups is 1. The Kier molecular flexibility index (Phi) is 6.21. The molecule has 35 heavy (non-hydrogen) atoms. The fraction of sp³-hybridized carbons (Fsp3) is 0.240. The number of ether oxygens (including phenoxy) is 1. The van der Waals surface area contributed by atoms with Gasteiger partial charge in [-0.05, 0) is 48.6 Å². The number of thiophene rings is 1. The number of hydrogen-bond donors (Lipinski definition) is 1. The van der Waals surface area contributed by atoms with Gasteiger partial charge in [0.25, 0.3) is 5.56 Å². The Hall–Kier alpha value is -3.79. The lowest BCUT2D eigenvalue weighted by Crippen LogP contribution is -2.41. The number of halogens is 2. The summed E-state index contributed by atoms with van der Waals surface area (Å²) in [7, 11) is 1.57. The Morgan fingerprint density at radius 1 is 1.11 bits per heavy atom. The number of aromatic nitrogens is 2. The molecule has 1 aliphatic rings. The molecule has 0 radical (unpaired) electrons. The molecule has 0 spiro atoms. The maximum Gasteiger partial charge on any atom is 0.277 e. The van der Waals surface area contributed by atoms with Crippen molar-refractivity contribution in [2.24, 2.45) is 5.92 Å². The molecule has 1 fully saturated rings. The third-order valence-corrected chi connectivity index (χ3v) is 7.00. The molecule has 0 atom stereocenters. The second-order valence-electron chi connectivity index (χ2n) is 8.27. The number of carbonyl (C=O) groups excluding carboxylic acids is 1. The summed E-state index contributed by atoms with van der Waals surface area (Å²) in [4.78, 5) is 32.9. The Morgan fingerprint density at radius 2 is 1.91 bits per heavy atom. The SMILES string of the molecule is COc1cccc(-n2c(N3CCC(C(=O)Nc4ccc(F)c(F)c4)CC3)nc3ccsc3c2=O)c1. The predicted octanol–water partition coefficient (Wildman–Crippen LogP) is 4.59. The lowest BCUT2D eigenvalue weighted by molar-refractivity contribution is -0.120. The predicted molar refractivity (Wildman–Crippen MR) is 132 cm³/mol. The van der Waals surface area contributed by atoms with E-state index in [1.54, 1.807) is 17.7 Å². The molecule has 1 amide bonds. The van der Waals surface area contributed by atoms with Crippen molar-refractivity contribution < 1.29 is 18.3 Å². The molecule has 0 aliphatic carbocycles. The summed E-state index contributed by atoms with van der Waals surface area (Å²) in [5.41, 5.74) is 1.33. The van der Waals surface area contributed by atoms with Crippen LogP contribution in [-0.4, -0.2) is 35.7 Å². The minimum atomic E-state index is -1.01. The zero-order valence-corrected chi connectivity index (χ0v) is 19.6. The van der Waals surface area contributed by atoms with Crippen molar-refractivity contribution in [1.29, 1.82) is 0 Å². The zero-order valence-electron chi connectivity index (χ0n) is 18.8. The molecular formula is C25H22F2N4O3S. The molecule has 180 valence electrons. The highest BCUT2D eigenvalue weighted by molar-refractivity contribution is 7.17. The highest BCUT2D eigenvalue weighted by Gasteiger charge is 2.28. The second kappa shape index (κ2) is 9.46. The summed E-state index contributed by atoms with van der Waals surface area (Å²) >= 11 is 1.35. The number of amides is 1. The summed E-state index contributed by atoms with van der Waals surface area (Å²) < 4.78 is 34.1. The number of hydrogen-bond acceptors (Lipinski definition) is 6. The van der Waals surface area contributed by atoms with Gasteiger partial charge in [-0.2, -0.15) is 0 Å². The first kappa shape index (κ1) is 23.0. The van der Waals surface area contributed by atoms with E-state index in [2.05, 4.69) is 5.32 Å².